The summed E-state index contributed by atoms with van der Waals surface area (Å²) in [6.45, 7) is 0. The predicted molar refractivity (Wildman–Crippen MR) is 120 cm³/mol. The number of carbonyl (C=O) groups excluding carboxylic acids is 1. The van der Waals surface area contributed by atoms with Gasteiger partial charge in [-0.05, 0) is 47.5 Å². The van der Waals surface area contributed by atoms with Crippen molar-refractivity contribution in [2.75, 3.05) is 0 Å². The molecule has 0 fully saturated rings. The van der Waals surface area contributed by atoms with E-state index in [-0.39, 0.29) is 5.78 Å². The number of hydrogen-bond donors (Lipinski definition) is 0. The van der Waals surface area contributed by atoms with E-state index in [0.717, 1.165) is 38.5 Å². The molecule has 0 radical (unpaired) electrons. The summed E-state index contributed by atoms with van der Waals surface area (Å²) in [6, 6.07) is 20.3. The normalized spacial score (nSPS) is 12.2. The highest BCUT2D eigenvalue weighted by Crippen LogP contribution is 2.30. The quantitative estimate of drug-likeness (QED) is 0.308. The first-order chi connectivity index (χ1) is 14.9. The number of alkyl halides is 3. The molecule has 1 heterocycles. The van der Waals surface area contributed by atoms with E-state index < -0.39 is 11.7 Å². The van der Waals surface area contributed by atoms with E-state index in [9.17, 15) is 18.0 Å². The number of halogens is 3. The summed E-state index contributed by atoms with van der Waals surface area (Å²) in [5.41, 5.74) is 2.64. The van der Waals surface area contributed by atoms with E-state index in [1.165, 1.54) is 30.4 Å². The van der Waals surface area contributed by atoms with Gasteiger partial charge in [-0.15, -0.1) is 11.3 Å². The van der Waals surface area contributed by atoms with Crippen LogP contribution in [0.5, 0.6) is 0 Å². The lowest BCUT2D eigenvalue weighted by Crippen LogP contribution is -2.03. The third-order valence-corrected chi connectivity index (χ3v) is 5.66. The topological polar surface area (TPSA) is 30.0 Å². The fourth-order valence-electron chi connectivity index (χ4n) is 2.93. The van der Waals surface area contributed by atoms with Gasteiger partial charge in [-0.2, -0.15) is 13.2 Å². The van der Waals surface area contributed by atoms with Gasteiger partial charge in [0.1, 0.15) is 5.01 Å². The maximum Gasteiger partial charge on any atom is 0.416 e. The summed E-state index contributed by atoms with van der Waals surface area (Å²) >= 11 is 1.63. The minimum Gasteiger partial charge on any atom is -0.290 e. The second-order valence-electron chi connectivity index (χ2n) is 6.80. The highest BCUT2D eigenvalue weighted by molar-refractivity contribution is 7.21. The van der Waals surface area contributed by atoms with Crippen LogP contribution in [-0.2, 0) is 11.0 Å². The first kappa shape index (κ1) is 20.8. The van der Waals surface area contributed by atoms with E-state index in [0.29, 0.717) is 5.56 Å². The molecule has 154 valence electrons. The van der Waals surface area contributed by atoms with Crippen LogP contribution in [0.3, 0.4) is 0 Å². The van der Waals surface area contributed by atoms with Crippen molar-refractivity contribution in [2.24, 2.45) is 0 Å². The summed E-state index contributed by atoms with van der Waals surface area (Å²) in [7, 11) is 0. The molecule has 3 aromatic carbocycles. The van der Waals surface area contributed by atoms with Gasteiger partial charge in [0.2, 0.25) is 0 Å². The molecule has 4 rings (SSSR count). The third kappa shape index (κ3) is 5.16. The van der Waals surface area contributed by atoms with Crippen LogP contribution in [0.2, 0.25) is 0 Å². The van der Waals surface area contributed by atoms with Crippen molar-refractivity contribution in [3.8, 4) is 10.6 Å². The van der Waals surface area contributed by atoms with E-state index >= 15 is 0 Å². The van der Waals surface area contributed by atoms with Crippen molar-refractivity contribution < 1.29 is 18.0 Å². The number of allylic oxidation sites excluding steroid dienone is 2. The number of aromatic nitrogens is 1. The lowest BCUT2D eigenvalue weighted by molar-refractivity contribution is -0.137. The third-order valence-electron chi connectivity index (χ3n) is 4.57. The second kappa shape index (κ2) is 8.70. The Kier molecular flexibility index (Phi) is 5.82. The van der Waals surface area contributed by atoms with Crippen LogP contribution in [0.4, 0.5) is 13.2 Å². The highest BCUT2D eigenvalue weighted by atomic mass is 32.1. The van der Waals surface area contributed by atoms with Crippen molar-refractivity contribution >= 4 is 39.5 Å². The van der Waals surface area contributed by atoms with Crippen LogP contribution in [-0.4, -0.2) is 10.8 Å². The summed E-state index contributed by atoms with van der Waals surface area (Å²) in [5, 5.41) is 0.937. The molecule has 0 saturated heterocycles. The molecule has 0 amide bonds. The Labute approximate surface area is 181 Å². The molecule has 4 aromatic rings. The Morgan fingerprint density at radius 3 is 1.97 bits per heavy atom. The molecule has 31 heavy (non-hydrogen) atoms. The molecule has 0 aliphatic carbocycles. The minimum atomic E-state index is -4.37. The summed E-state index contributed by atoms with van der Waals surface area (Å²) < 4.78 is 38.9. The Hall–Kier alpha value is -3.51. The average molecular weight is 435 g/mol. The van der Waals surface area contributed by atoms with Crippen LogP contribution < -0.4 is 0 Å². The molecule has 0 saturated carbocycles. The van der Waals surface area contributed by atoms with Gasteiger partial charge in [-0.3, -0.25) is 4.79 Å². The molecular weight excluding hydrogens is 419 g/mol. The van der Waals surface area contributed by atoms with Crippen LogP contribution >= 0.6 is 11.3 Å². The molecule has 0 bridgehead atoms. The number of thiazole rings is 1. The first-order valence-electron chi connectivity index (χ1n) is 9.42. The zero-order valence-corrected chi connectivity index (χ0v) is 17.0. The second-order valence-corrected chi connectivity index (χ2v) is 7.83. The number of carbonyl (C=O) groups is 1. The molecule has 0 unspecified atom stereocenters. The Morgan fingerprint density at radius 1 is 0.806 bits per heavy atom. The zero-order chi connectivity index (χ0) is 21.8. The molecule has 0 spiro atoms. The molecule has 0 atom stereocenters. The Balaban J connectivity index is 1.40. The lowest BCUT2D eigenvalue weighted by atomic mass is 10.1. The minimum absolute atomic E-state index is 0.254. The number of para-hydroxylation sites is 1. The molecule has 6 heteroatoms. The standard InChI is InChI=1S/C25H16F3NOS/c26-25(27,28)20-13-7-18(8-14-20)10-16-21(30)15-9-17-5-11-19(12-6-17)24-29-22-3-1-2-4-23(22)31-24/h1-16H. The monoisotopic (exact) mass is 435 g/mol. The van der Waals surface area contributed by atoms with E-state index in [1.807, 2.05) is 48.5 Å². The highest BCUT2D eigenvalue weighted by Gasteiger charge is 2.29. The summed E-state index contributed by atoms with van der Waals surface area (Å²) in [6.07, 6.45) is 1.57. The Bertz CT molecular complexity index is 1230. The number of ketones is 1. The van der Waals surface area contributed by atoms with Gasteiger partial charge in [0, 0.05) is 5.56 Å². The van der Waals surface area contributed by atoms with E-state index in [2.05, 4.69) is 4.98 Å². The number of fused-ring (bicyclic) bond motifs is 1. The molecule has 0 aliphatic heterocycles. The van der Waals surface area contributed by atoms with Crippen LogP contribution in [0.25, 0.3) is 32.9 Å². The molecule has 0 aliphatic rings. The van der Waals surface area contributed by atoms with Gasteiger partial charge in [0.15, 0.2) is 5.78 Å². The SMILES string of the molecule is O=C(C=Cc1ccc(-c2nc3ccccc3s2)cc1)C=Cc1ccc(C(F)(F)F)cc1. The van der Waals surface area contributed by atoms with Crippen molar-refractivity contribution in [1.82, 2.24) is 4.98 Å². The zero-order valence-electron chi connectivity index (χ0n) is 16.1. The van der Waals surface area contributed by atoms with Crippen LogP contribution in [0.15, 0.2) is 84.9 Å². The van der Waals surface area contributed by atoms with Crippen molar-refractivity contribution in [2.45, 2.75) is 6.18 Å². The number of rotatable bonds is 5. The molecule has 0 N–H and O–H groups in total. The van der Waals surface area contributed by atoms with Crippen LogP contribution in [0, 0.1) is 0 Å². The van der Waals surface area contributed by atoms with Crippen molar-refractivity contribution in [1.29, 1.82) is 0 Å². The van der Waals surface area contributed by atoms with Gasteiger partial charge in [-0.1, -0.05) is 60.7 Å². The number of benzene rings is 3. The molecular formula is C25H16F3NOS. The fraction of sp³-hybridized carbons (Fsp3) is 0.0400. The van der Waals surface area contributed by atoms with Gasteiger partial charge >= 0.3 is 6.18 Å². The molecule has 1 aromatic heterocycles. The van der Waals surface area contributed by atoms with E-state index in [1.54, 1.807) is 17.4 Å². The lowest BCUT2D eigenvalue weighted by Gasteiger charge is -2.05. The summed E-state index contributed by atoms with van der Waals surface area (Å²) in [5.74, 6) is -0.254. The number of nitrogens with zero attached hydrogens (tertiary/aromatic N) is 1. The average Bonchev–Trinajstić information content (AvgIpc) is 3.20. The predicted octanol–water partition coefficient (Wildman–Crippen LogP) is 7.28. The van der Waals surface area contributed by atoms with Gasteiger partial charge < -0.3 is 0 Å². The maximum atomic E-state index is 12.6. The maximum absolute atomic E-state index is 12.6. The fourth-order valence-corrected chi connectivity index (χ4v) is 3.90. The molecule has 2 nitrogen and oxygen atoms in total. The summed E-state index contributed by atoms with van der Waals surface area (Å²) in [4.78, 5) is 16.7. The number of hydrogen-bond acceptors (Lipinski definition) is 3. The smallest absolute Gasteiger partial charge is 0.290 e. The van der Waals surface area contributed by atoms with Gasteiger partial charge in [0.25, 0.3) is 0 Å². The largest absolute Gasteiger partial charge is 0.416 e. The van der Waals surface area contributed by atoms with E-state index in [4.69, 9.17) is 0 Å². The van der Waals surface area contributed by atoms with Crippen molar-refractivity contribution in [3.05, 3.63) is 102 Å². The van der Waals surface area contributed by atoms with Gasteiger partial charge in [0.05, 0.1) is 15.8 Å². The van der Waals surface area contributed by atoms with Crippen molar-refractivity contribution in [3.63, 3.8) is 0 Å². The Morgan fingerprint density at radius 2 is 1.39 bits per heavy atom. The van der Waals surface area contributed by atoms with Gasteiger partial charge in [-0.25, -0.2) is 4.98 Å². The first-order valence-corrected chi connectivity index (χ1v) is 10.2. The van der Waals surface area contributed by atoms with Crippen LogP contribution in [0.1, 0.15) is 16.7 Å².